The van der Waals surface area contributed by atoms with E-state index < -0.39 is 0 Å². The summed E-state index contributed by atoms with van der Waals surface area (Å²) in [5.74, 6) is 0.470. The van der Waals surface area contributed by atoms with E-state index in [0.29, 0.717) is 23.0 Å². The van der Waals surface area contributed by atoms with Crippen LogP contribution in [0, 0.1) is 0 Å². The van der Waals surface area contributed by atoms with Crippen molar-refractivity contribution in [3.05, 3.63) is 28.2 Å². The fraction of sp³-hybridized carbons (Fsp3) is 0.529. The van der Waals surface area contributed by atoms with E-state index in [9.17, 15) is 4.79 Å². The highest BCUT2D eigenvalue weighted by molar-refractivity contribution is 9.10. The fourth-order valence-corrected chi connectivity index (χ4v) is 3.15. The number of hydrogen-bond acceptors (Lipinski definition) is 5. The first-order valence-electron chi connectivity index (χ1n) is 8.41. The Morgan fingerprint density at radius 1 is 1.40 bits per heavy atom. The van der Waals surface area contributed by atoms with Gasteiger partial charge in [0, 0.05) is 25.2 Å². The smallest absolute Gasteiger partial charge is 0.257 e. The zero-order valence-electron chi connectivity index (χ0n) is 14.3. The van der Waals surface area contributed by atoms with Gasteiger partial charge < -0.3 is 14.8 Å². The average Bonchev–Trinajstić information content (AvgIpc) is 2.61. The quantitative estimate of drug-likeness (QED) is 0.511. The molecule has 0 saturated carbocycles. The molecule has 1 aliphatic rings. The van der Waals surface area contributed by atoms with Crippen molar-refractivity contribution < 1.29 is 14.3 Å². The first kappa shape index (κ1) is 20.1. The normalized spacial score (nSPS) is 14.8. The number of hydrogen-bond donors (Lipinski definition) is 2. The van der Waals surface area contributed by atoms with Crippen LogP contribution in [0.1, 0.15) is 23.7 Å². The second-order valence-electron chi connectivity index (χ2n) is 5.60. The second kappa shape index (κ2) is 10.7. The van der Waals surface area contributed by atoms with Crippen molar-refractivity contribution in [3.63, 3.8) is 0 Å². The summed E-state index contributed by atoms with van der Waals surface area (Å²) in [7, 11) is 0. The highest BCUT2D eigenvalue weighted by atomic mass is 79.9. The summed E-state index contributed by atoms with van der Waals surface area (Å²) < 4.78 is 11.5. The Morgan fingerprint density at radius 3 is 2.84 bits per heavy atom. The zero-order chi connectivity index (χ0) is 18.1. The first-order valence-corrected chi connectivity index (χ1v) is 9.62. The van der Waals surface area contributed by atoms with Crippen LogP contribution in [0.2, 0.25) is 0 Å². The lowest BCUT2D eigenvalue weighted by atomic mass is 10.2. The van der Waals surface area contributed by atoms with Gasteiger partial charge >= 0.3 is 0 Å². The van der Waals surface area contributed by atoms with E-state index in [1.807, 2.05) is 6.92 Å². The minimum absolute atomic E-state index is 0.241. The summed E-state index contributed by atoms with van der Waals surface area (Å²) in [6.07, 6.45) is 0.963. The molecule has 0 bridgehead atoms. The predicted molar refractivity (Wildman–Crippen MR) is 105 cm³/mol. The number of thiocarbonyl (C=S) groups is 1. The van der Waals surface area contributed by atoms with Gasteiger partial charge in [0.05, 0.1) is 24.3 Å². The number of carbonyl (C=O) groups excluding carboxylic acids is 1. The van der Waals surface area contributed by atoms with Crippen molar-refractivity contribution in [2.75, 3.05) is 46.0 Å². The van der Waals surface area contributed by atoms with E-state index in [2.05, 4.69) is 31.5 Å². The van der Waals surface area contributed by atoms with Crippen LogP contribution in [0.25, 0.3) is 0 Å². The number of amides is 1. The van der Waals surface area contributed by atoms with Crippen LogP contribution in [0.4, 0.5) is 0 Å². The maximum atomic E-state index is 12.2. The van der Waals surface area contributed by atoms with E-state index in [1.165, 1.54) is 0 Å². The van der Waals surface area contributed by atoms with Crippen LogP contribution < -0.4 is 15.4 Å². The van der Waals surface area contributed by atoms with Crippen LogP contribution in [0.5, 0.6) is 5.75 Å². The Labute approximate surface area is 162 Å². The molecule has 8 heteroatoms. The number of rotatable bonds is 7. The molecule has 1 heterocycles. The Kier molecular flexibility index (Phi) is 8.60. The Hall–Kier alpha value is -1.22. The van der Waals surface area contributed by atoms with Gasteiger partial charge in [-0.2, -0.15) is 0 Å². The van der Waals surface area contributed by atoms with Crippen LogP contribution in [0.15, 0.2) is 22.7 Å². The van der Waals surface area contributed by atoms with Gasteiger partial charge in [-0.15, -0.1) is 0 Å². The molecule has 6 nitrogen and oxygen atoms in total. The van der Waals surface area contributed by atoms with Gasteiger partial charge in [0.1, 0.15) is 5.75 Å². The zero-order valence-corrected chi connectivity index (χ0v) is 16.7. The lowest BCUT2D eigenvalue weighted by molar-refractivity contribution is 0.0376. The summed E-state index contributed by atoms with van der Waals surface area (Å²) in [4.78, 5) is 14.6. The number of halogens is 1. The van der Waals surface area contributed by atoms with Crippen molar-refractivity contribution in [1.82, 2.24) is 15.5 Å². The summed E-state index contributed by atoms with van der Waals surface area (Å²) in [5.41, 5.74) is 0.521. The molecule has 1 amide bonds. The predicted octanol–water partition coefficient (Wildman–Crippen LogP) is 2.17. The van der Waals surface area contributed by atoms with Gasteiger partial charge in [-0.1, -0.05) is 0 Å². The van der Waals surface area contributed by atoms with Crippen LogP contribution in [-0.4, -0.2) is 61.9 Å². The van der Waals surface area contributed by atoms with Crippen molar-refractivity contribution in [1.29, 1.82) is 0 Å². The van der Waals surface area contributed by atoms with E-state index >= 15 is 0 Å². The standard InChI is InChI=1S/C17H24BrN3O3S/c1-2-24-15-5-4-13(12-14(15)18)16(22)20-17(25)19-6-3-7-21-8-10-23-11-9-21/h4-5,12H,2-3,6-11H2,1H3,(H2,19,20,22,25). The maximum absolute atomic E-state index is 12.2. The van der Waals surface area contributed by atoms with Crippen LogP contribution in [-0.2, 0) is 4.74 Å². The molecule has 0 unspecified atom stereocenters. The highest BCUT2D eigenvalue weighted by Gasteiger charge is 2.12. The second-order valence-corrected chi connectivity index (χ2v) is 6.86. The molecule has 2 N–H and O–H groups in total. The molecule has 2 rings (SSSR count). The van der Waals surface area contributed by atoms with Crippen molar-refractivity contribution in [2.45, 2.75) is 13.3 Å². The summed E-state index contributed by atoms with van der Waals surface area (Å²) in [6, 6.07) is 5.20. The maximum Gasteiger partial charge on any atom is 0.257 e. The lowest BCUT2D eigenvalue weighted by Gasteiger charge is -2.26. The van der Waals surface area contributed by atoms with Gasteiger partial charge in [0.25, 0.3) is 5.91 Å². The molecular formula is C17H24BrN3O3S. The molecule has 0 spiro atoms. The molecule has 1 aromatic rings. The van der Waals surface area contributed by atoms with Gasteiger partial charge in [0.15, 0.2) is 5.11 Å². The molecular weight excluding hydrogens is 406 g/mol. The Balaban J connectivity index is 1.70. The first-order chi connectivity index (χ1) is 12.1. The third-order valence-corrected chi connectivity index (χ3v) is 4.63. The van der Waals surface area contributed by atoms with E-state index in [-0.39, 0.29) is 5.91 Å². The number of ether oxygens (including phenoxy) is 2. The molecule has 1 aromatic carbocycles. The number of morpholine rings is 1. The molecule has 1 aliphatic heterocycles. The monoisotopic (exact) mass is 429 g/mol. The molecule has 0 atom stereocenters. The summed E-state index contributed by atoms with van der Waals surface area (Å²) in [5, 5.41) is 6.12. The molecule has 0 aliphatic carbocycles. The van der Waals surface area contributed by atoms with Crippen LogP contribution in [0.3, 0.4) is 0 Å². The van der Waals surface area contributed by atoms with Gasteiger partial charge in [-0.25, -0.2) is 0 Å². The summed E-state index contributed by atoms with van der Waals surface area (Å²) >= 11 is 8.59. The van der Waals surface area contributed by atoms with Crippen molar-refractivity contribution in [2.24, 2.45) is 0 Å². The Morgan fingerprint density at radius 2 is 2.16 bits per heavy atom. The minimum Gasteiger partial charge on any atom is -0.493 e. The molecule has 25 heavy (non-hydrogen) atoms. The molecule has 1 fully saturated rings. The average molecular weight is 430 g/mol. The van der Waals surface area contributed by atoms with E-state index in [1.54, 1.807) is 18.2 Å². The van der Waals surface area contributed by atoms with E-state index in [0.717, 1.165) is 50.3 Å². The van der Waals surface area contributed by atoms with E-state index in [4.69, 9.17) is 21.7 Å². The number of benzene rings is 1. The topological polar surface area (TPSA) is 62.8 Å². The van der Waals surface area contributed by atoms with Crippen LogP contribution >= 0.6 is 28.1 Å². The highest BCUT2D eigenvalue weighted by Crippen LogP contribution is 2.25. The van der Waals surface area contributed by atoms with Crippen molar-refractivity contribution >= 4 is 39.2 Å². The third kappa shape index (κ3) is 6.89. The molecule has 0 aromatic heterocycles. The molecule has 0 radical (unpaired) electrons. The lowest BCUT2D eigenvalue weighted by Crippen LogP contribution is -2.41. The molecule has 1 saturated heterocycles. The fourth-order valence-electron chi connectivity index (χ4n) is 2.46. The SMILES string of the molecule is CCOc1ccc(C(=O)NC(=S)NCCCN2CCOCC2)cc1Br. The minimum atomic E-state index is -0.241. The van der Waals surface area contributed by atoms with Crippen molar-refractivity contribution in [3.8, 4) is 5.75 Å². The number of carbonyl (C=O) groups is 1. The van der Waals surface area contributed by atoms with Gasteiger partial charge in [-0.05, 0) is 66.2 Å². The molecule has 138 valence electrons. The van der Waals surface area contributed by atoms with Gasteiger partial charge in [0.2, 0.25) is 0 Å². The number of nitrogens with one attached hydrogen (secondary N) is 2. The Bertz CT molecular complexity index is 595. The van der Waals surface area contributed by atoms with Gasteiger partial charge in [-0.3, -0.25) is 15.0 Å². The number of nitrogens with zero attached hydrogens (tertiary/aromatic N) is 1. The third-order valence-electron chi connectivity index (χ3n) is 3.76. The largest absolute Gasteiger partial charge is 0.493 e. The summed E-state index contributed by atoms with van der Waals surface area (Å²) in [6.45, 7) is 7.78.